The fourth-order valence-corrected chi connectivity index (χ4v) is 3.63. The molecule has 0 aromatic heterocycles. The zero-order valence-corrected chi connectivity index (χ0v) is 15.0. The molecule has 2 atom stereocenters. The third kappa shape index (κ3) is 4.14. The van der Waals surface area contributed by atoms with Crippen molar-refractivity contribution in [1.29, 1.82) is 0 Å². The lowest BCUT2D eigenvalue weighted by Crippen LogP contribution is -2.60. The largest absolute Gasteiger partial charge is 0.497 e. The first-order valence-electron chi connectivity index (χ1n) is 8.87. The second-order valence-corrected chi connectivity index (χ2v) is 6.65. The molecule has 2 unspecified atom stereocenters. The van der Waals surface area contributed by atoms with Crippen LogP contribution >= 0.6 is 0 Å². The van der Waals surface area contributed by atoms with Gasteiger partial charge in [0.15, 0.2) is 0 Å². The van der Waals surface area contributed by atoms with E-state index in [1.165, 1.54) is 0 Å². The van der Waals surface area contributed by atoms with E-state index in [0.717, 1.165) is 17.7 Å². The third-order valence-corrected chi connectivity index (χ3v) is 4.90. The van der Waals surface area contributed by atoms with Crippen LogP contribution in [0, 0.1) is 0 Å². The molecule has 0 saturated carbocycles. The van der Waals surface area contributed by atoms with Crippen LogP contribution in [0.1, 0.15) is 18.9 Å². The summed E-state index contributed by atoms with van der Waals surface area (Å²) in [6.07, 6.45) is 1.14. The third-order valence-electron chi connectivity index (χ3n) is 4.90. The van der Waals surface area contributed by atoms with Crippen LogP contribution in [-0.2, 0) is 25.4 Å². The van der Waals surface area contributed by atoms with Gasteiger partial charge in [-0.25, -0.2) is 0 Å². The molecule has 0 aliphatic carbocycles. The first kappa shape index (κ1) is 18.2. The molecule has 2 fully saturated rings. The van der Waals surface area contributed by atoms with E-state index >= 15 is 0 Å². The minimum absolute atomic E-state index is 0.0220. The molecule has 2 heterocycles. The van der Waals surface area contributed by atoms with E-state index in [2.05, 4.69) is 0 Å². The average Bonchev–Trinajstić information content (AvgIpc) is 3.03. The maximum atomic E-state index is 13.0. The van der Waals surface area contributed by atoms with Crippen molar-refractivity contribution in [3.05, 3.63) is 29.8 Å². The van der Waals surface area contributed by atoms with E-state index < -0.39 is 0 Å². The standard InChI is InChI=1S/C19H27NO5/c1-3-23-12-17-11-19(14-25-17)13-24-8-7-20(19)18(21)10-15-5-4-6-16(9-15)22-2/h4-6,9,17H,3,7-8,10-14H2,1-2H3. The van der Waals surface area contributed by atoms with E-state index in [-0.39, 0.29) is 17.6 Å². The van der Waals surface area contributed by atoms with Crippen molar-refractivity contribution >= 4 is 5.91 Å². The first-order chi connectivity index (χ1) is 12.2. The summed E-state index contributed by atoms with van der Waals surface area (Å²) < 4.78 is 22.3. The van der Waals surface area contributed by atoms with Crippen LogP contribution in [0.4, 0.5) is 0 Å². The molecule has 6 heteroatoms. The second kappa shape index (κ2) is 8.17. The number of ether oxygens (including phenoxy) is 4. The summed E-state index contributed by atoms with van der Waals surface area (Å²) >= 11 is 0. The number of hydrogen-bond donors (Lipinski definition) is 0. The van der Waals surface area contributed by atoms with Crippen LogP contribution in [0.15, 0.2) is 24.3 Å². The SMILES string of the molecule is CCOCC1CC2(COCCN2C(=O)Cc2cccc(OC)c2)CO1. The summed E-state index contributed by atoms with van der Waals surface area (Å²) in [5, 5.41) is 0. The Kier molecular flexibility index (Phi) is 5.93. The van der Waals surface area contributed by atoms with Gasteiger partial charge in [0, 0.05) is 19.6 Å². The maximum Gasteiger partial charge on any atom is 0.227 e. The van der Waals surface area contributed by atoms with Crippen molar-refractivity contribution in [3.63, 3.8) is 0 Å². The molecule has 2 saturated heterocycles. The molecule has 0 radical (unpaired) electrons. The van der Waals surface area contributed by atoms with Crippen LogP contribution in [0.5, 0.6) is 5.75 Å². The van der Waals surface area contributed by atoms with Gasteiger partial charge in [-0.2, -0.15) is 0 Å². The van der Waals surface area contributed by atoms with Gasteiger partial charge in [0.05, 0.1) is 51.6 Å². The molecule has 0 N–H and O–H groups in total. The number of morpholine rings is 1. The molecule has 3 rings (SSSR count). The summed E-state index contributed by atoms with van der Waals surface area (Å²) in [6, 6.07) is 7.66. The van der Waals surface area contributed by atoms with Gasteiger partial charge >= 0.3 is 0 Å². The predicted molar refractivity (Wildman–Crippen MR) is 92.8 cm³/mol. The van der Waals surface area contributed by atoms with Gasteiger partial charge in [0.25, 0.3) is 0 Å². The van der Waals surface area contributed by atoms with Crippen molar-refractivity contribution < 1.29 is 23.7 Å². The highest BCUT2D eigenvalue weighted by atomic mass is 16.5. The maximum absolute atomic E-state index is 13.0. The van der Waals surface area contributed by atoms with Crippen molar-refractivity contribution in [3.8, 4) is 5.75 Å². The number of methoxy groups -OCH3 is 1. The van der Waals surface area contributed by atoms with Crippen molar-refractivity contribution in [2.75, 3.05) is 46.7 Å². The number of benzene rings is 1. The van der Waals surface area contributed by atoms with Crippen LogP contribution in [0.3, 0.4) is 0 Å². The highest BCUT2D eigenvalue weighted by Crippen LogP contribution is 2.33. The van der Waals surface area contributed by atoms with E-state index in [1.54, 1.807) is 7.11 Å². The Bertz CT molecular complexity index is 593. The first-order valence-corrected chi connectivity index (χ1v) is 8.87. The quantitative estimate of drug-likeness (QED) is 0.782. The molecular weight excluding hydrogens is 322 g/mol. The Labute approximate surface area is 149 Å². The zero-order valence-electron chi connectivity index (χ0n) is 15.0. The summed E-state index contributed by atoms with van der Waals surface area (Å²) in [5.41, 5.74) is 0.589. The number of hydrogen-bond acceptors (Lipinski definition) is 5. The highest BCUT2D eigenvalue weighted by Gasteiger charge is 2.48. The molecule has 1 aromatic rings. The van der Waals surface area contributed by atoms with Gasteiger partial charge in [-0.3, -0.25) is 4.79 Å². The lowest BCUT2D eigenvalue weighted by molar-refractivity contribution is -0.148. The second-order valence-electron chi connectivity index (χ2n) is 6.65. The summed E-state index contributed by atoms with van der Waals surface area (Å²) in [6.45, 7) is 5.42. The number of carbonyl (C=O) groups is 1. The van der Waals surface area contributed by atoms with Gasteiger partial charge in [-0.1, -0.05) is 12.1 Å². The van der Waals surface area contributed by atoms with Crippen LogP contribution in [0.2, 0.25) is 0 Å². The Morgan fingerprint density at radius 2 is 2.28 bits per heavy atom. The molecule has 1 amide bonds. The smallest absolute Gasteiger partial charge is 0.227 e. The Morgan fingerprint density at radius 3 is 3.08 bits per heavy atom. The lowest BCUT2D eigenvalue weighted by atomic mass is 9.92. The Morgan fingerprint density at radius 1 is 1.40 bits per heavy atom. The summed E-state index contributed by atoms with van der Waals surface area (Å²) in [7, 11) is 1.63. The van der Waals surface area contributed by atoms with Gasteiger partial charge in [0.1, 0.15) is 5.75 Å². The fraction of sp³-hybridized carbons (Fsp3) is 0.632. The molecule has 1 aromatic carbocycles. The molecule has 2 aliphatic heterocycles. The van der Waals surface area contributed by atoms with Gasteiger partial charge in [-0.05, 0) is 24.6 Å². The molecule has 2 aliphatic rings. The minimum Gasteiger partial charge on any atom is -0.497 e. The monoisotopic (exact) mass is 349 g/mol. The molecule has 138 valence electrons. The number of carbonyl (C=O) groups excluding carboxylic acids is 1. The zero-order chi connectivity index (χ0) is 17.7. The minimum atomic E-state index is -0.365. The van der Waals surface area contributed by atoms with Crippen LogP contribution < -0.4 is 4.74 Å². The predicted octanol–water partition coefficient (Wildman–Crippen LogP) is 1.66. The van der Waals surface area contributed by atoms with Gasteiger partial charge < -0.3 is 23.8 Å². The molecular formula is C19H27NO5. The summed E-state index contributed by atoms with van der Waals surface area (Å²) in [5.74, 6) is 0.875. The molecule has 1 spiro atoms. The average molecular weight is 349 g/mol. The van der Waals surface area contributed by atoms with Crippen molar-refractivity contribution in [1.82, 2.24) is 4.90 Å². The van der Waals surface area contributed by atoms with Crippen LogP contribution in [-0.4, -0.2) is 69.1 Å². The number of rotatable bonds is 6. The Balaban J connectivity index is 1.69. The molecule has 0 bridgehead atoms. The summed E-state index contributed by atoms with van der Waals surface area (Å²) in [4.78, 5) is 15.0. The van der Waals surface area contributed by atoms with Crippen LogP contribution in [0.25, 0.3) is 0 Å². The molecule has 25 heavy (non-hydrogen) atoms. The van der Waals surface area contributed by atoms with Gasteiger partial charge in [-0.15, -0.1) is 0 Å². The molecule has 6 nitrogen and oxygen atoms in total. The lowest BCUT2D eigenvalue weighted by Gasteiger charge is -2.43. The number of amides is 1. The normalized spacial score (nSPS) is 26.2. The van der Waals surface area contributed by atoms with Gasteiger partial charge in [0.2, 0.25) is 5.91 Å². The van der Waals surface area contributed by atoms with Crippen molar-refractivity contribution in [2.45, 2.75) is 31.4 Å². The Hall–Kier alpha value is -1.63. The van der Waals surface area contributed by atoms with E-state index in [0.29, 0.717) is 46.0 Å². The van der Waals surface area contributed by atoms with E-state index in [9.17, 15) is 4.79 Å². The van der Waals surface area contributed by atoms with Crippen molar-refractivity contribution in [2.24, 2.45) is 0 Å². The number of nitrogens with zero attached hydrogens (tertiary/aromatic N) is 1. The highest BCUT2D eigenvalue weighted by molar-refractivity contribution is 5.80. The van der Waals surface area contributed by atoms with E-state index in [1.807, 2.05) is 36.1 Å². The topological polar surface area (TPSA) is 57.2 Å². The van der Waals surface area contributed by atoms with E-state index in [4.69, 9.17) is 18.9 Å². The fourth-order valence-electron chi connectivity index (χ4n) is 3.63.